The number of hydrogen-bond acceptors (Lipinski definition) is 2. The molecule has 1 heterocycles. The van der Waals surface area contributed by atoms with Crippen molar-refractivity contribution in [1.29, 1.82) is 0 Å². The molecule has 1 saturated carbocycles. The lowest BCUT2D eigenvalue weighted by molar-refractivity contribution is -0.0180. The van der Waals surface area contributed by atoms with Gasteiger partial charge in [-0.15, -0.1) is 0 Å². The molecule has 2 atom stereocenters. The van der Waals surface area contributed by atoms with Gasteiger partial charge in [0.2, 0.25) is 0 Å². The van der Waals surface area contributed by atoms with Gasteiger partial charge in [0.15, 0.2) is 5.06 Å². The van der Waals surface area contributed by atoms with Crippen LogP contribution in [0.5, 0.6) is 0 Å². The quantitative estimate of drug-likeness (QED) is 0.439. The third-order valence-electron chi connectivity index (χ3n) is 3.61. The van der Waals surface area contributed by atoms with Crippen LogP contribution in [-0.2, 0) is 4.74 Å². The molecular weight excluding hydrogens is 200 g/mol. The van der Waals surface area contributed by atoms with Gasteiger partial charge in [-0.2, -0.15) is 0 Å². The Morgan fingerprint density at radius 3 is 2.29 bits per heavy atom. The maximum Gasteiger partial charge on any atom is 0.196 e. The molecule has 0 radical (unpaired) electrons. The maximum absolute atomic E-state index is 10.5. The summed E-state index contributed by atoms with van der Waals surface area (Å²) in [6, 6.07) is 0. The minimum atomic E-state index is -0.772. The van der Waals surface area contributed by atoms with Crippen molar-refractivity contribution in [3.8, 4) is 0 Å². The first-order valence-corrected chi connectivity index (χ1v) is 6.09. The molecule has 0 amide bonds. The van der Waals surface area contributed by atoms with Crippen LogP contribution in [0.2, 0.25) is 0 Å². The Labute approximate surface area is 90.6 Å². The van der Waals surface area contributed by atoms with E-state index < -0.39 is 10.7 Å². The van der Waals surface area contributed by atoms with E-state index >= 15 is 0 Å². The number of halogens is 1. The molecule has 0 aromatic rings. The fourth-order valence-corrected chi connectivity index (χ4v) is 3.03. The van der Waals surface area contributed by atoms with Crippen molar-refractivity contribution >= 4 is 11.6 Å². The zero-order chi connectivity index (χ0) is 10.2. The molecule has 1 saturated heterocycles. The zero-order valence-electron chi connectivity index (χ0n) is 8.76. The summed E-state index contributed by atoms with van der Waals surface area (Å²) in [7, 11) is 0. The molecule has 0 bridgehead atoms. The highest BCUT2D eigenvalue weighted by Gasteiger charge is 2.66. The van der Waals surface area contributed by atoms with Crippen molar-refractivity contribution in [2.24, 2.45) is 0 Å². The van der Waals surface area contributed by atoms with Gasteiger partial charge in [0.25, 0.3) is 0 Å². The number of aliphatic hydroxyl groups is 1. The molecule has 1 aliphatic heterocycles. The molecule has 1 N–H and O–H groups in total. The summed E-state index contributed by atoms with van der Waals surface area (Å²) in [6.45, 7) is 2.05. The van der Waals surface area contributed by atoms with Crippen molar-refractivity contribution in [2.75, 3.05) is 0 Å². The Balaban J connectivity index is 2.07. The molecule has 2 aliphatic rings. The van der Waals surface area contributed by atoms with Crippen LogP contribution in [0.3, 0.4) is 0 Å². The van der Waals surface area contributed by atoms with Crippen molar-refractivity contribution in [3.05, 3.63) is 0 Å². The van der Waals surface area contributed by atoms with Crippen molar-refractivity contribution < 1.29 is 9.84 Å². The van der Waals surface area contributed by atoms with Gasteiger partial charge < -0.3 is 9.84 Å². The predicted molar refractivity (Wildman–Crippen MR) is 56.4 cm³/mol. The molecule has 2 unspecified atom stereocenters. The zero-order valence-corrected chi connectivity index (χ0v) is 9.52. The molecule has 3 heteroatoms. The van der Waals surface area contributed by atoms with Gasteiger partial charge in [-0.25, -0.2) is 0 Å². The number of rotatable bonds is 2. The van der Waals surface area contributed by atoms with Gasteiger partial charge >= 0.3 is 0 Å². The molecule has 2 fully saturated rings. The van der Waals surface area contributed by atoms with Crippen LogP contribution >= 0.6 is 11.6 Å². The van der Waals surface area contributed by atoms with Crippen LogP contribution in [0, 0.1) is 0 Å². The monoisotopic (exact) mass is 218 g/mol. The smallest absolute Gasteiger partial charge is 0.196 e. The molecular formula is C11H19ClO2. The summed E-state index contributed by atoms with van der Waals surface area (Å²) in [4.78, 5) is 0. The Morgan fingerprint density at radius 2 is 1.86 bits per heavy atom. The molecule has 2 rings (SSSR count). The summed E-state index contributed by atoms with van der Waals surface area (Å²) < 4.78 is 5.47. The van der Waals surface area contributed by atoms with Gasteiger partial charge in [0.1, 0.15) is 11.7 Å². The third-order valence-corrected chi connectivity index (χ3v) is 4.29. The van der Waals surface area contributed by atoms with E-state index in [-0.39, 0.29) is 6.10 Å². The van der Waals surface area contributed by atoms with Crippen molar-refractivity contribution in [3.63, 3.8) is 0 Å². The second kappa shape index (κ2) is 3.66. The van der Waals surface area contributed by atoms with Crippen LogP contribution in [0.15, 0.2) is 0 Å². The molecule has 82 valence electrons. The highest BCUT2D eigenvalue weighted by Crippen LogP contribution is 2.54. The maximum atomic E-state index is 10.5. The van der Waals surface area contributed by atoms with Crippen LogP contribution in [0.4, 0.5) is 0 Å². The fourth-order valence-electron chi connectivity index (χ4n) is 2.58. The first-order valence-electron chi connectivity index (χ1n) is 5.71. The topological polar surface area (TPSA) is 32.8 Å². The van der Waals surface area contributed by atoms with Crippen LogP contribution < -0.4 is 0 Å². The van der Waals surface area contributed by atoms with Crippen LogP contribution in [0.1, 0.15) is 51.9 Å². The average molecular weight is 219 g/mol. The Kier molecular flexibility index (Phi) is 2.80. The number of alkyl halides is 1. The van der Waals surface area contributed by atoms with Crippen LogP contribution in [-0.4, -0.2) is 21.9 Å². The predicted octanol–water partition coefficient (Wildman–Crippen LogP) is 2.82. The lowest BCUT2D eigenvalue weighted by Crippen LogP contribution is -2.42. The summed E-state index contributed by atoms with van der Waals surface area (Å²) in [5.41, 5.74) is -0.772. The Hall–Kier alpha value is 0.210. The second-order valence-corrected chi connectivity index (χ2v) is 5.17. The first-order chi connectivity index (χ1) is 6.62. The van der Waals surface area contributed by atoms with Gasteiger partial charge in [-0.05, 0) is 19.3 Å². The summed E-state index contributed by atoms with van der Waals surface area (Å²) in [5, 5.41) is 9.74. The number of hydrogen-bond donors (Lipinski definition) is 1. The SMILES string of the molecule is CCC1OC1(Cl)C1(O)CCCCCC1. The summed E-state index contributed by atoms with van der Waals surface area (Å²) in [6.07, 6.45) is 7.13. The molecule has 0 spiro atoms. The highest BCUT2D eigenvalue weighted by molar-refractivity contribution is 6.25. The Morgan fingerprint density at radius 1 is 1.29 bits per heavy atom. The van der Waals surface area contributed by atoms with E-state index in [0.717, 1.165) is 32.1 Å². The summed E-state index contributed by atoms with van der Waals surface area (Å²) >= 11 is 6.33. The van der Waals surface area contributed by atoms with Gasteiger partial charge in [0, 0.05) is 0 Å². The molecule has 0 aromatic carbocycles. The first kappa shape index (κ1) is 10.7. The molecule has 1 aliphatic carbocycles. The number of ether oxygens (including phenoxy) is 1. The lowest BCUT2D eigenvalue weighted by Gasteiger charge is -2.29. The second-order valence-electron chi connectivity index (χ2n) is 4.61. The Bertz CT molecular complexity index is 211. The third kappa shape index (κ3) is 1.58. The van der Waals surface area contributed by atoms with E-state index in [1.807, 2.05) is 0 Å². The average Bonchev–Trinajstić information content (AvgIpc) is 2.88. The van der Waals surface area contributed by atoms with Crippen molar-refractivity contribution in [1.82, 2.24) is 0 Å². The minimum Gasteiger partial charge on any atom is -0.385 e. The molecule has 2 nitrogen and oxygen atoms in total. The van der Waals surface area contributed by atoms with E-state index in [0.29, 0.717) is 0 Å². The summed E-state index contributed by atoms with van der Waals surface area (Å²) in [5.74, 6) is 0. The van der Waals surface area contributed by atoms with Gasteiger partial charge in [-0.1, -0.05) is 44.2 Å². The van der Waals surface area contributed by atoms with Gasteiger partial charge in [0.05, 0.1) is 0 Å². The van der Waals surface area contributed by atoms with E-state index in [2.05, 4.69) is 6.92 Å². The fraction of sp³-hybridized carbons (Fsp3) is 1.00. The van der Waals surface area contributed by atoms with Crippen molar-refractivity contribution in [2.45, 2.75) is 68.6 Å². The van der Waals surface area contributed by atoms with E-state index in [1.54, 1.807) is 0 Å². The van der Waals surface area contributed by atoms with Crippen LogP contribution in [0.25, 0.3) is 0 Å². The minimum absolute atomic E-state index is 0.0623. The molecule has 14 heavy (non-hydrogen) atoms. The largest absolute Gasteiger partial charge is 0.385 e. The van der Waals surface area contributed by atoms with E-state index in [4.69, 9.17) is 16.3 Å². The normalized spacial score (nSPS) is 41.8. The number of epoxide rings is 1. The van der Waals surface area contributed by atoms with E-state index in [1.165, 1.54) is 12.8 Å². The molecule has 0 aromatic heterocycles. The van der Waals surface area contributed by atoms with E-state index in [9.17, 15) is 5.11 Å². The standard InChI is InChI=1S/C11H19ClO2/c1-2-9-11(12,14-9)10(13)7-5-3-4-6-8-10/h9,13H,2-8H2,1H3. The lowest BCUT2D eigenvalue weighted by atomic mass is 9.88. The van der Waals surface area contributed by atoms with Gasteiger partial charge in [-0.3, -0.25) is 0 Å². The highest BCUT2D eigenvalue weighted by atomic mass is 35.5.